The molecule has 1 aromatic carbocycles. The van der Waals surface area contributed by atoms with E-state index in [0.29, 0.717) is 23.7 Å². The first kappa shape index (κ1) is 14.3. The van der Waals surface area contributed by atoms with Gasteiger partial charge in [0.15, 0.2) is 5.65 Å². The van der Waals surface area contributed by atoms with Gasteiger partial charge in [-0.25, -0.2) is 24.0 Å². The van der Waals surface area contributed by atoms with Crippen LogP contribution in [-0.2, 0) is 13.6 Å². The molecule has 3 aromatic heterocycles. The van der Waals surface area contributed by atoms with Crippen molar-refractivity contribution in [2.45, 2.75) is 6.54 Å². The highest BCUT2D eigenvalue weighted by Crippen LogP contribution is 2.22. The van der Waals surface area contributed by atoms with Gasteiger partial charge in [0, 0.05) is 19.4 Å². The Hall–Kier alpha value is -3.29. The van der Waals surface area contributed by atoms with Crippen molar-refractivity contribution in [2.24, 2.45) is 7.05 Å². The molecule has 120 valence electrons. The smallest absolute Gasteiger partial charge is 0.168 e. The van der Waals surface area contributed by atoms with E-state index in [4.69, 9.17) is 0 Å². The maximum absolute atomic E-state index is 13.5. The minimum atomic E-state index is -0.321. The summed E-state index contributed by atoms with van der Waals surface area (Å²) in [6, 6.07) is 6.22. The van der Waals surface area contributed by atoms with Crippen LogP contribution in [0, 0.1) is 5.82 Å². The molecule has 4 aromatic rings. The number of fused-ring (bicyclic) bond motifs is 1. The minimum absolute atomic E-state index is 0.321. The molecule has 0 radical (unpaired) electrons. The third kappa shape index (κ3) is 2.47. The van der Waals surface area contributed by atoms with E-state index in [1.165, 1.54) is 18.5 Å². The van der Waals surface area contributed by atoms with Crippen LogP contribution in [-0.4, -0.2) is 29.3 Å². The summed E-state index contributed by atoms with van der Waals surface area (Å²) < 4.78 is 17.0. The number of aryl methyl sites for hydroxylation is 1. The number of halogens is 1. The van der Waals surface area contributed by atoms with Gasteiger partial charge in [0.1, 0.15) is 23.8 Å². The number of hydrogen-bond donors (Lipinski definition) is 1. The molecule has 24 heavy (non-hydrogen) atoms. The molecule has 7 nitrogen and oxygen atoms in total. The number of nitrogens with one attached hydrogen (secondary N) is 1. The molecule has 0 fully saturated rings. The summed E-state index contributed by atoms with van der Waals surface area (Å²) in [5.74, 6) is 1.23. The fourth-order valence-corrected chi connectivity index (χ4v) is 2.51. The van der Waals surface area contributed by atoms with Crippen LogP contribution >= 0.6 is 0 Å². The third-order valence-electron chi connectivity index (χ3n) is 3.75. The van der Waals surface area contributed by atoms with Gasteiger partial charge in [0.2, 0.25) is 0 Å². The number of hydrogen-bond acceptors (Lipinski definition) is 5. The van der Waals surface area contributed by atoms with Gasteiger partial charge in [-0.05, 0) is 18.2 Å². The number of aromatic nitrogens is 6. The van der Waals surface area contributed by atoms with Crippen LogP contribution in [0.15, 0.2) is 49.2 Å². The van der Waals surface area contributed by atoms with Gasteiger partial charge in [-0.2, -0.15) is 5.10 Å². The van der Waals surface area contributed by atoms with Crippen molar-refractivity contribution in [3.05, 3.63) is 60.8 Å². The maximum atomic E-state index is 13.5. The van der Waals surface area contributed by atoms with Crippen LogP contribution in [0.2, 0.25) is 0 Å². The molecule has 1 N–H and O–H groups in total. The van der Waals surface area contributed by atoms with E-state index >= 15 is 0 Å². The number of rotatable bonds is 4. The molecule has 4 rings (SSSR count). The van der Waals surface area contributed by atoms with E-state index in [9.17, 15) is 4.39 Å². The molecule has 0 saturated carbocycles. The standard InChI is InChI=1S/C16H14FN7/c1-23-6-5-18-14(23)9-19-15-13-8-22-24(16(13)21-10-20-15)12-4-2-3-11(17)7-12/h2-8,10H,9H2,1H3,(H,19,20,21). The Labute approximate surface area is 136 Å². The Balaban J connectivity index is 1.70. The highest BCUT2D eigenvalue weighted by Gasteiger charge is 2.12. The predicted octanol–water partition coefficient (Wildman–Crippen LogP) is 2.30. The SMILES string of the molecule is Cn1ccnc1CNc1ncnc2c1cnn2-c1cccc(F)c1. The molecule has 0 aliphatic rings. The van der Waals surface area contributed by atoms with Gasteiger partial charge >= 0.3 is 0 Å². The third-order valence-corrected chi connectivity index (χ3v) is 3.75. The average molecular weight is 323 g/mol. The van der Waals surface area contributed by atoms with E-state index in [-0.39, 0.29) is 5.82 Å². The van der Waals surface area contributed by atoms with E-state index in [1.807, 2.05) is 17.8 Å². The zero-order chi connectivity index (χ0) is 16.5. The lowest BCUT2D eigenvalue weighted by atomic mass is 10.3. The second-order valence-electron chi connectivity index (χ2n) is 5.30. The van der Waals surface area contributed by atoms with Crippen LogP contribution in [0.1, 0.15) is 5.82 Å². The minimum Gasteiger partial charge on any atom is -0.362 e. The summed E-state index contributed by atoms with van der Waals surface area (Å²) in [6.07, 6.45) is 6.75. The molecule has 8 heteroatoms. The van der Waals surface area contributed by atoms with E-state index in [0.717, 1.165) is 11.2 Å². The van der Waals surface area contributed by atoms with Crippen molar-refractivity contribution in [2.75, 3.05) is 5.32 Å². The van der Waals surface area contributed by atoms with Gasteiger partial charge < -0.3 is 9.88 Å². The quantitative estimate of drug-likeness (QED) is 0.624. The molecule has 0 amide bonds. The summed E-state index contributed by atoms with van der Waals surface area (Å²) in [7, 11) is 1.93. The monoisotopic (exact) mass is 323 g/mol. The lowest BCUT2D eigenvalue weighted by Crippen LogP contribution is -2.07. The number of imidazole rings is 1. The molecule has 0 aliphatic carbocycles. The van der Waals surface area contributed by atoms with Gasteiger partial charge in [-0.15, -0.1) is 0 Å². The van der Waals surface area contributed by atoms with Crippen LogP contribution in [0.3, 0.4) is 0 Å². The molecular weight excluding hydrogens is 309 g/mol. The number of anilines is 1. The zero-order valence-corrected chi connectivity index (χ0v) is 12.9. The Morgan fingerprint density at radius 3 is 2.92 bits per heavy atom. The van der Waals surface area contributed by atoms with Crippen LogP contribution in [0.4, 0.5) is 10.2 Å². The topological polar surface area (TPSA) is 73.5 Å². The molecule has 3 heterocycles. The summed E-state index contributed by atoms with van der Waals surface area (Å²) in [4.78, 5) is 12.8. The fraction of sp³-hybridized carbons (Fsp3) is 0.125. The van der Waals surface area contributed by atoms with Crippen molar-refractivity contribution in [1.29, 1.82) is 0 Å². The summed E-state index contributed by atoms with van der Waals surface area (Å²) in [6.45, 7) is 0.529. The summed E-state index contributed by atoms with van der Waals surface area (Å²) in [5, 5.41) is 8.32. The van der Waals surface area contributed by atoms with Crippen molar-refractivity contribution in [1.82, 2.24) is 29.3 Å². The van der Waals surface area contributed by atoms with Crippen LogP contribution in [0.25, 0.3) is 16.7 Å². The number of benzene rings is 1. The molecular formula is C16H14FN7. The molecule has 0 spiro atoms. The van der Waals surface area contributed by atoms with Gasteiger partial charge in [0.25, 0.3) is 0 Å². The zero-order valence-electron chi connectivity index (χ0n) is 12.9. The highest BCUT2D eigenvalue weighted by atomic mass is 19.1. The normalized spacial score (nSPS) is 11.1. The highest BCUT2D eigenvalue weighted by molar-refractivity contribution is 5.87. The first-order valence-electron chi connectivity index (χ1n) is 7.37. The average Bonchev–Trinajstić information content (AvgIpc) is 3.19. The van der Waals surface area contributed by atoms with E-state index in [2.05, 4.69) is 25.4 Å². The summed E-state index contributed by atoms with van der Waals surface area (Å²) >= 11 is 0. The summed E-state index contributed by atoms with van der Waals surface area (Å²) in [5.41, 5.74) is 1.22. The van der Waals surface area contributed by atoms with Crippen molar-refractivity contribution >= 4 is 16.9 Å². The van der Waals surface area contributed by atoms with E-state index < -0.39 is 0 Å². The molecule has 0 bridgehead atoms. The van der Waals surface area contributed by atoms with Gasteiger partial charge in [0.05, 0.1) is 23.8 Å². The molecule has 0 atom stereocenters. The van der Waals surface area contributed by atoms with E-state index in [1.54, 1.807) is 29.2 Å². The Morgan fingerprint density at radius 2 is 2.12 bits per heavy atom. The first-order valence-corrected chi connectivity index (χ1v) is 7.37. The lowest BCUT2D eigenvalue weighted by molar-refractivity contribution is 0.625. The Bertz CT molecular complexity index is 1000. The molecule has 0 saturated heterocycles. The van der Waals surface area contributed by atoms with Crippen molar-refractivity contribution < 1.29 is 4.39 Å². The van der Waals surface area contributed by atoms with Crippen LogP contribution in [0.5, 0.6) is 0 Å². The predicted molar refractivity (Wildman–Crippen MR) is 87.2 cm³/mol. The van der Waals surface area contributed by atoms with Crippen molar-refractivity contribution in [3.8, 4) is 5.69 Å². The molecule has 0 unspecified atom stereocenters. The second-order valence-corrected chi connectivity index (χ2v) is 5.30. The Morgan fingerprint density at radius 1 is 1.21 bits per heavy atom. The largest absolute Gasteiger partial charge is 0.362 e. The van der Waals surface area contributed by atoms with Gasteiger partial charge in [-0.3, -0.25) is 0 Å². The van der Waals surface area contributed by atoms with Crippen molar-refractivity contribution in [3.63, 3.8) is 0 Å². The molecule has 0 aliphatic heterocycles. The number of nitrogens with zero attached hydrogens (tertiary/aromatic N) is 6. The van der Waals surface area contributed by atoms with Crippen LogP contribution < -0.4 is 5.32 Å². The maximum Gasteiger partial charge on any atom is 0.168 e. The fourth-order valence-electron chi connectivity index (χ4n) is 2.51. The van der Waals surface area contributed by atoms with Gasteiger partial charge in [-0.1, -0.05) is 6.07 Å². The second kappa shape index (κ2) is 5.73. The first-order chi connectivity index (χ1) is 11.7. The lowest BCUT2D eigenvalue weighted by Gasteiger charge is -2.07. The Kier molecular flexibility index (Phi) is 3.42.